The Bertz CT molecular complexity index is 1070. The van der Waals surface area contributed by atoms with Gasteiger partial charge in [-0.2, -0.15) is 0 Å². The zero-order valence-corrected chi connectivity index (χ0v) is 17.3. The molecule has 4 rings (SSSR count). The average Bonchev–Trinajstić information content (AvgIpc) is 3.40. The Labute approximate surface area is 177 Å². The number of nitrogens with zero attached hydrogens (tertiary/aromatic N) is 3. The number of carbonyl (C=O) groups excluding carboxylic acids is 2. The first-order valence-electron chi connectivity index (χ1n) is 9.30. The number of carbonyl (C=O) groups is 2. The molecule has 0 saturated carbocycles. The van der Waals surface area contributed by atoms with Gasteiger partial charge in [-0.25, -0.2) is 0 Å². The van der Waals surface area contributed by atoms with Crippen LogP contribution in [0.2, 0.25) is 0 Å². The first kappa shape index (κ1) is 20.0. The van der Waals surface area contributed by atoms with Gasteiger partial charge >= 0.3 is 6.01 Å². The topological polar surface area (TPSA) is 97.6 Å². The summed E-state index contributed by atoms with van der Waals surface area (Å²) in [5, 5.41) is 10.5. The van der Waals surface area contributed by atoms with Crippen LogP contribution < -0.4 is 15.0 Å². The summed E-state index contributed by atoms with van der Waals surface area (Å²) in [6.45, 7) is 0.447. The van der Waals surface area contributed by atoms with E-state index in [9.17, 15) is 9.59 Å². The Balaban J connectivity index is 1.43. The zero-order chi connectivity index (χ0) is 21.1. The zero-order valence-electron chi connectivity index (χ0n) is 16.5. The van der Waals surface area contributed by atoms with Crippen molar-refractivity contribution in [1.82, 2.24) is 10.2 Å². The van der Waals surface area contributed by atoms with Crippen molar-refractivity contribution in [3.05, 3.63) is 60.0 Å². The van der Waals surface area contributed by atoms with Gasteiger partial charge in [-0.3, -0.25) is 14.9 Å². The molecule has 2 heterocycles. The second kappa shape index (κ2) is 8.58. The van der Waals surface area contributed by atoms with E-state index < -0.39 is 0 Å². The minimum Gasteiger partial charge on any atom is -0.497 e. The van der Waals surface area contributed by atoms with Gasteiger partial charge in [-0.05, 0) is 48.7 Å². The molecule has 154 valence electrons. The van der Waals surface area contributed by atoms with Crippen LogP contribution in [0.3, 0.4) is 0 Å². The maximum absolute atomic E-state index is 12.5. The molecule has 0 bridgehead atoms. The number of hydrogen-bond donors (Lipinski definition) is 1. The number of amides is 2. The van der Waals surface area contributed by atoms with Crippen LogP contribution in [0.1, 0.15) is 28.6 Å². The Morgan fingerprint density at radius 3 is 2.77 bits per heavy atom. The molecule has 8 nitrogen and oxygen atoms in total. The summed E-state index contributed by atoms with van der Waals surface area (Å²) >= 11 is 1.65. The van der Waals surface area contributed by atoms with Gasteiger partial charge in [0.05, 0.1) is 13.0 Å². The molecule has 1 N–H and O–H groups in total. The van der Waals surface area contributed by atoms with E-state index in [1.807, 2.05) is 30.5 Å². The number of nitrogens with one attached hydrogen (secondary N) is 1. The van der Waals surface area contributed by atoms with Crippen molar-refractivity contribution in [2.45, 2.75) is 17.2 Å². The van der Waals surface area contributed by atoms with Gasteiger partial charge in [0.1, 0.15) is 5.75 Å². The van der Waals surface area contributed by atoms with E-state index in [0.717, 1.165) is 10.6 Å². The lowest BCUT2D eigenvalue weighted by Crippen LogP contribution is -2.24. The Morgan fingerprint density at radius 1 is 1.23 bits per heavy atom. The standard InChI is InChI=1S/C21H20N4O4S/c1-28-16-5-3-4-13(10-16)19(27)22-21-24-23-20(29-21)14-11-18(26)25(12-14)15-6-8-17(30-2)9-7-15/h3-10,14H,11-12H2,1-2H3,(H,22,24,27). The van der Waals surface area contributed by atoms with Crippen molar-refractivity contribution in [1.29, 1.82) is 0 Å². The summed E-state index contributed by atoms with van der Waals surface area (Å²) in [7, 11) is 1.53. The molecule has 2 aromatic carbocycles. The number of hydrogen-bond acceptors (Lipinski definition) is 7. The van der Waals surface area contributed by atoms with E-state index in [1.165, 1.54) is 7.11 Å². The molecule has 0 spiro atoms. The van der Waals surface area contributed by atoms with E-state index in [-0.39, 0.29) is 30.2 Å². The Kier molecular flexibility index (Phi) is 5.71. The van der Waals surface area contributed by atoms with Crippen molar-refractivity contribution < 1.29 is 18.7 Å². The smallest absolute Gasteiger partial charge is 0.322 e. The number of thioether (sulfide) groups is 1. The highest BCUT2D eigenvalue weighted by Gasteiger charge is 2.35. The lowest BCUT2D eigenvalue weighted by atomic mass is 10.1. The highest BCUT2D eigenvalue weighted by atomic mass is 32.2. The number of methoxy groups -OCH3 is 1. The molecule has 9 heteroatoms. The van der Waals surface area contributed by atoms with E-state index in [2.05, 4.69) is 15.5 Å². The Hall–Kier alpha value is -3.33. The molecule has 1 aliphatic rings. The third kappa shape index (κ3) is 4.16. The fraction of sp³-hybridized carbons (Fsp3) is 0.238. The normalized spacial score (nSPS) is 16.0. The SMILES string of the molecule is COc1cccc(C(=O)Nc2nnc(C3CC(=O)N(c4ccc(SC)cc4)C3)o2)c1. The molecule has 1 saturated heterocycles. The van der Waals surface area contributed by atoms with Gasteiger partial charge in [0.2, 0.25) is 11.8 Å². The molecule has 30 heavy (non-hydrogen) atoms. The summed E-state index contributed by atoms with van der Waals surface area (Å²) in [5.41, 5.74) is 1.25. The van der Waals surface area contributed by atoms with Crippen molar-refractivity contribution in [2.24, 2.45) is 0 Å². The lowest BCUT2D eigenvalue weighted by molar-refractivity contribution is -0.117. The van der Waals surface area contributed by atoms with E-state index in [1.54, 1.807) is 40.9 Å². The summed E-state index contributed by atoms with van der Waals surface area (Å²) in [5.74, 6) is 0.281. The number of rotatable bonds is 6. The quantitative estimate of drug-likeness (QED) is 0.604. The van der Waals surface area contributed by atoms with Crippen LogP contribution in [0.4, 0.5) is 11.7 Å². The largest absolute Gasteiger partial charge is 0.497 e. The molecule has 0 aliphatic carbocycles. The molecule has 1 unspecified atom stereocenters. The number of benzene rings is 2. The summed E-state index contributed by atoms with van der Waals surface area (Å²) in [6.07, 6.45) is 2.28. The third-order valence-corrected chi connectivity index (χ3v) is 5.59. The van der Waals surface area contributed by atoms with Gasteiger partial charge in [-0.1, -0.05) is 11.2 Å². The Morgan fingerprint density at radius 2 is 2.03 bits per heavy atom. The average molecular weight is 424 g/mol. The first-order chi connectivity index (χ1) is 14.6. The minimum atomic E-state index is -0.387. The molecular formula is C21H20N4O4S. The highest BCUT2D eigenvalue weighted by Crippen LogP contribution is 2.32. The van der Waals surface area contributed by atoms with Crippen molar-refractivity contribution in [3.8, 4) is 5.75 Å². The lowest BCUT2D eigenvalue weighted by Gasteiger charge is -2.16. The molecule has 1 atom stereocenters. The molecule has 2 amide bonds. The monoisotopic (exact) mass is 424 g/mol. The molecule has 1 aromatic heterocycles. The van der Waals surface area contributed by atoms with Crippen molar-refractivity contribution in [2.75, 3.05) is 30.1 Å². The molecular weight excluding hydrogens is 404 g/mol. The van der Waals surface area contributed by atoms with Crippen molar-refractivity contribution in [3.63, 3.8) is 0 Å². The molecule has 1 aliphatic heterocycles. The number of ether oxygens (including phenoxy) is 1. The molecule has 0 radical (unpaired) electrons. The summed E-state index contributed by atoms with van der Waals surface area (Å²) in [6, 6.07) is 14.6. The van der Waals surface area contributed by atoms with Gasteiger partial charge in [0.25, 0.3) is 5.91 Å². The molecule has 3 aromatic rings. The summed E-state index contributed by atoms with van der Waals surface area (Å²) < 4.78 is 10.7. The van der Waals surface area contributed by atoms with Gasteiger partial charge < -0.3 is 14.1 Å². The first-order valence-corrected chi connectivity index (χ1v) is 10.5. The predicted molar refractivity (Wildman–Crippen MR) is 113 cm³/mol. The van der Waals surface area contributed by atoms with Crippen LogP contribution in [0.5, 0.6) is 5.75 Å². The van der Waals surface area contributed by atoms with Gasteiger partial charge in [0, 0.05) is 29.1 Å². The predicted octanol–water partition coefficient (Wildman–Crippen LogP) is 3.57. The molecule has 1 fully saturated rings. The van der Waals surface area contributed by atoms with E-state index in [4.69, 9.17) is 9.15 Å². The van der Waals surface area contributed by atoms with Crippen LogP contribution in [0.15, 0.2) is 57.8 Å². The maximum atomic E-state index is 12.5. The minimum absolute atomic E-state index is 0.00272. The van der Waals surface area contributed by atoms with Crippen LogP contribution in [0, 0.1) is 0 Å². The van der Waals surface area contributed by atoms with Crippen LogP contribution in [-0.4, -0.2) is 41.9 Å². The fourth-order valence-electron chi connectivity index (χ4n) is 3.27. The fourth-order valence-corrected chi connectivity index (χ4v) is 3.68. The van der Waals surface area contributed by atoms with Crippen molar-refractivity contribution >= 4 is 35.3 Å². The van der Waals surface area contributed by atoms with E-state index >= 15 is 0 Å². The summed E-state index contributed by atoms with van der Waals surface area (Å²) in [4.78, 5) is 27.7. The highest BCUT2D eigenvalue weighted by molar-refractivity contribution is 7.98. The maximum Gasteiger partial charge on any atom is 0.322 e. The second-order valence-corrected chi connectivity index (χ2v) is 7.61. The van der Waals surface area contributed by atoms with Gasteiger partial charge in [-0.15, -0.1) is 16.9 Å². The van der Waals surface area contributed by atoms with Crippen LogP contribution in [-0.2, 0) is 4.79 Å². The second-order valence-electron chi connectivity index (χ2n) is 6.73. The third-order valence-electron chi connectivity index (χ3n) is 4.85. The van der Waals surface area contributed by atoms with Crippen LogP contribution in [0.25, 0.3) is 0 Å². The van der Waals surface area contributed by atoms with Crippen LogP contribution >= 0.6 is 11.8 Å². The number of anilines is 2. The number of aromatic nitrogens is 2. The van der Waals surface area contributed by atoms with E-state index in [0.29, 0.717) is 23.7 Å². The van der Waals surface area contributed by atoms with Gasteiger partial charge in [0.15, 0.2) is 0 Å².